The normalized spacial score (nSPS) is 11.0. The van der Waals surface area contributed by atoms with E-state index in [-0.39, 0.29) is 6.54 Å². The van der Waals surface area contributed by atoms with Crippen LogP contribution in [0.15, 0.2) is 53.0 Å². The molecule has 0 unspecified atom stereocenters. The molecule has 0 aliphatic rings. The molecule has 0 heterocycles. The molecule has 0 aliphatic carbocycles. The third-order valence-electron chi connectivity index (χ3n) is 3.21. The Morgan fingerprint density at radius 1 is 1.20 bits per heavy atom. The predicted molar refractivity (Wildman–Crippen MR) is 103 cm³/mol. The highest BCUT2D eigenvalue weighted by molar-refractivity contribution is 9.10. The maximum atomic E-state index is 12.3. The van der Waals surface area contributed by atoms with Gasteiger partial charge in [0.2, 0.25) is 15.9 Å². The Morgan fingerprint density at radius 3 is 2.56 bits per heavy atom. The summed E-state index contributed by atoms with van der Waals surface area (Å²) < 4.78 is 31.5. The summed E-state index contributed by atoms with van der Waals surface area (Å²) >= 11 is 3.32. The number of carbonyl (C=O) groups is 1. The first-order chi connectivity index (χ1) is 11.8. The first kappa shape index (κ1) is 19.3. The molecule has 2 aromatic rings. The van der Waals surface area contributed by atoms with Crippen molar-refractivity contribution < 1.29 is 17.9 Å². The Bertz CT molecular complexity index is 855. The van der Waals surface area contributed by atoms with Crippen molar-refractivity contribution >= 4 is 43.2 Å². The van der Waals surface area contributed by atoms with Gasteiger partial charge in [0.25, 0.3) is 0 Å². The maximum Gasteiger partial charge on any atom is 0.245 e. The van der Waals surface area contributed by atoms with Crippen molar-refractivity contribution in [1.82, 2.24) is 0 Å². The van der Waals surface area contributed by atoms with Crippen LogP contribution in [0.2, 0.25) is 0 Å². The van der Waals surface area contributed by atoms with E-state index in [0.29, 0.717) is 23.7 Å². The van der Waals surface area contributed by atoms with Gasteiger partial charge < -0.3 is 10.1 Å². The second-order valence-corrected chi connectivity index (χ2v) is 8.08. The fraction of sp³-hybridized carbons (Fsp3) is 0.235. The topological polar surface area (TPSA) is 75.7 Å². The summed E-state index contributed by atoms with van der Waals surface area (Å²) in [6.45, 7) is 1.97. The third-order valence-corrected chi connectivity index (χ3v) is 4.85. The Labute approximate surface area is 156 Å². The summed E-state index contributed by atoms with van der Waals surface area (Å²) in [6.07, 6.45) is 1.06. The smallest absolute Gasteiger partial charge is 0.245 e. The Balaban J connectivity index is 2.21. The molecule has 0 radical (unpaired) electrons. The van der Waals surface area contributed by atoms with Crippen LogP contribution in [0.5, 0.6) is 5.75 Å². The zero-order valence-corrected chi connectivity index (χ0v) is 16.3. The lowest BCUT2D eigenvalue weighted by atomic mass is 10.3. The molecule has 0 aromatic heterocycles. The van der Waals surface area contributed by atoms with Gasteiger partial charge in [-0.1, -0.05) is 28.1 Å². The first-order valence-electron chi connectivity index (χ1n) is 7.55. The van der Waals surface area contributed by atoms with Crippen LogP contribution in [0.25, 0.3) is 0 Å². The lowest BCUT2D eigenvalue weighted by molar-refractivity contribution is -0.114. The Hall–Kier alpha value is -2.06. The number of halogens is 1. The molecule has 1 amide bonds. The van der Waals surface area contributed by atoms with E-state index in [9.17, 15) is 13.2 Å². The van der Waals surface area contributed by atoms with E-state index in [1.54, 1.807) is 42.5 Å². The van der Waals surface area contributed by atoms with E-state index < -0.39 is 15.9 Å². The van der Waals surface area contributed by atoms with Crippen LogP contribution in [-0.4, -0.2) is 33.7 Å². The van der Waals surface area contributed by atoms with Gasteiger partial charge in [-0.2, -0.15) is 0 Å². The number of hydrogen-bond donors (Lipinski definition) is 1. The summed E-state index contributed by atoms with van der Waals surface area (Å²) in [7, 11) is -3.64. The van der Waals surface area contributed by atoms with E-state index >= 15 is 0 Å². The van der Waals surface area contributed by atoms with E-state index in [0.717, 1.165) is 15.0 Å². The van der Waals surface area contributed by atoms with Gasteiger partial charge in [-0.15, -0.1) is 0 Å². The summed E-state index contributed by atoms with van der Waals surface area (Å²) in [5.74, 6) is 0.103. The number of anilines is 2. The number of benzene rings is 2. The molecule has 134 valence electrons. The third kappa shape index (κ3) is 5.75. The van der Waals surface area contributed by atoms with Crippen molar-refractivity contribution in [2.45, 2.75) is 6.92 Å². The van der Waals surface area contributed by atoms with E-state index in [1.807, 2.05) is 13.0 Å². The van der Waals surface area contributed by atoms with Crippen LogP contribution in [0.3, 0.4) is 0 Å². The number of ether oxygens (including phenoxy) is 1. The molecule has 0 bridgehead atoms. The average molecular weight is 427 g/mol. The second-order valence-electron chi connectivity index (χ2n) is 5.26. The van der Waals surface area contributed by atoms with Gasteiger partial charge in [-0.3, -0.25) is 9.10 Å². The van der Waals surface area contributed by atoms with Crippen molar-refractivity contribution in [1.29, 1.82) is 0 Å². The van der Waals surface area contributed by atoms with Crippen LogP contribution in [0.1, 0.15) is 6.92 Å². The molecule has 2 aromatic carbocycles. The minimum Gasteiger partial charge on any atom is -0.494 e. The summed E-state index contributed by atoms with van der Waals surface area (Å²) in [6, 6.07) is 13.7. The highest BCUT2D eigenvalue weighted by Crippen LogP contribution is 2.23. The number of carbonyl (C=O) groups excluding carboxylic acids is 1. The molecule has 1 N–H and O–H groups in total. The Morgan fingerprint density at radius 2 is 1.92 bits per heavy atom. The second kappa shape index (κ2) is 8.35. The number of nitrogens with one attached hydrogen (secondary N) is 1. The van der Waals surface area contributed by atoms with Crippen molar-refractivity contribution in [3.05, 3.63) is 53.0 Å². The molecule has 0 saturated carbocycles. The van der Waals surface area contributed by atoms with Crippen molar-refractivity contribution in [3.8, 4) is 5.75 Å². The van der Waals surface area contributed by atoms with Crippen LogP contribution in [-0.2, 0) is 14.8 Å². The molecule has 0 atom stereocenters. The van der Waals surface area contributed by atoms with E-state index in [2.05, 4.69) is 21.2 Å². The zero-order valence-electron chi connectivity index (χ0n) is 13.9. The molecule has 2 rings (SSSR count). The maximum absolute atomic E-state index is 12.3. The molecule has 0 spiro atoms. The van der Waals surface area contributed by atoms with Gasteiger partial charge >= 0.3 is 0 Å². The first-order valence-corrected chi connectivity index (χ1v) is 10.2. The summed E-state index contributed by atoms with van der Waals surface area (Å²) in [5, 5.41) is 2.69. The zero-order chi connectivity index (χ0) is 18.4. The van der Waals surface area contributed by atoms with Gasteiger partial charge in [0, 0.05) is 16.2 Å². The van der Waals surface area contributed by atoms with Gasteiger partial charge in [-0.25, -0.2) is 8.42 Å². The molecular weight excluding hydrogens is 408 g/mol. The molecule has 0 aliphatic heterocycles. The molecule has 0 saturated heterocycles. The molecule has 8 heteroatoms. The standard InChI is InChI=1S/C17H19BrN2O4S/c1-3-24-16-9-5-8-15(11-16)20(25(2,22)23)12-17(21)19-14-7-4-6-13(18)10-14/h4-11H,3,12H2,1-2H3,(H,19,21). The number of amides is 1. The summed E-state index contributed by atoms with van der Waals surface area (Å²) in [5.41, 5.74) is 0.953. The van der Waals surface area contributed by atoms with Crippen molar-refractivity contribution in [2.24, 2.45) is 0 Å². The van der Waals surface area contributed by atoms with Crippen molar-refractivity contribution in [3.63, 3.8) is 0 Å². The fourth-order valence-corrected chi connectivity index (χ4v) is 3.44. The minimum absolute atomic E-state index is 0.332. The lowest BCUT2D eigenvalue weighted by Crippen LogP contribution is -2.37. The van der Waals surface area contributed by atoms with E-state index in [1.165, 1.54) is 0 Å². The number of nitrogens with zero attached hydrogens (tertiary/aromatic N) is 1. The highest BCUT2D eigenvalue weighted by atomic mass is 79.9. The Kier molecular flexibility index (Phi) is 6.44. The highest BCUT2D eigenvalue weighted by Gasteiger charge is 2.21. The SMILES string of the molecule is CCOc1cccc(N(CC(=O)Nc2cccc(Br)c2)S(C)(=O)=O)c1. The van der Waals surface area contributed by atoms with Gasteiger partial charge in [-0.05, 0) is 37.3 Å². The predicted octanol–water partition coefficient (Wildman–Crippen LogP) is 3.25. The number of rotatable bonds is 7. The molecule has 6 nitrogen and oxygen atoms in total. The number of hydrogen-bond acceptors (Lipinski definition) is 4. The van der Waals surface area contributed by atoms with E-state index in [4.69, 9.17) is 4.74 Å². The number of sulfonamides is 1. The minimum atomic E-state index is -3.64. The van der Waals surface area contributed by atoms with Gasteiger partial charge in [0.15, 0.2) is 0 Å². The largest absolute Gasteiger partial charge is 0.494 e. The monoisotopic (exact) mass is 426 g/mol. The van der Waals surface area contributed by atoms with Gasteiger partial charge in [0.05, 0.1) is 18.6 Å². The van der Waals surface area contributed by atoms with Crippen LogP contribution < -0.4 is 14.4 Å². The van der Waals surface area contributed by atoms with Gasteiger partial charge in [0.1, 0.15) is 12.3 Å². The fourth-order valence-electron chi connectivity index (χ4n) is 2.19. The molecule has 0 fully saturated rings. The van der Waals surface area contributed by atoms with Crippen LogP contribution in [0, 0.1) is 0 Å². The molecule has 25 heavy (non-hydrogen) atoms. The van der Waals surface area contributed by atoms with Crippen LogP contribution in [0.4, 0.5) is 11.4 Å². The van der Waals surface area contributed by atoms with Crippen molar-refractivity contribution in [2.75, 3.05) is 29.0 Å². The average Bonchev–Trinajstić information content (AvgIpc) is 2.52. The summed E-state index contributed by atoms with van der Waals surface area (Å²) in [4.78, 5) is 12.3. The van der Waals surface area contributed by atoms with Crippen LogP contribution >= 0.6 is 15.9 Å². The molecular formula is C17H19BrN2O4S. The quantitative estimate of drug-likeness (QED) is 0.736. The lowest BCUT2D eigenvalue weighted by Gasteiger charge is -2.22.